The molecular weight excluding hydrogens is 152 g/mol. The van der Waals surface area contributed by atoms with Crippen LogP contribution in [0.2, 0.25) is 0 Å². The molecule has 0 aromatic carbocycles. The van der Waals surface area contributed by atoms with Crippen molar-refractivity contribution in [2.45, 2.75) is 24.6 Å². The monoisotopic (exact) mass is 164 g/mol. The number of methoxy groups -OCH3 is 1. The fourth-order valence-corrected chi connectivity index (χ4v) is 1.06. The molecule has 4 atom stereocenters. The van der Waals surface area contributed by atoms with Crippen molar-refractivity contribution >= 4 is 0 Å². The fourth-order valence-electron chi connectivity index (χ4n) is 1.06. The molecule has 1 aliphatic rings. The zero-order chi connectivity index (χ0) is 8.43. The molecular formula is C6H12O5. The van der Waals surface area contributed by atoms with E-state index in [4.69, 9.17) is 20.1 Å². The van der Waals surface area contributed by atoms with Gasteiger partial charge in [-0.2, -0.15) is 0 Å². The fraction of sp³-hybridized carbons (Fsp3) is 1.00. The minimum Gasteiger partial charge on any atom is -0.394 e. The highest BCUT2D eigenvalue weighted by Crippen LogP contribution is 2.20. The van der Waals surface area contributed by atoms with Gasteiger partial charge in [0.05, 0.1) is 6.61 Å². The quantitative estimate of drug-likeness (QED) is 0.443. The third-order valence-corrected chi connectivity index (χ3v) is 1.73. The van der Waals surface area contributed by atoms with Crippen LogP contribution in [0.5, 0.6) is 0 Å². The van der Waals surface area contributed by atoms with Crippen LogP contribution in [-0.4, -0.2) is 53.6 Å². The van der Waals surface area contributed by atoms with E-state index < -0.39 is 24.6 Å². The van der Waals surface area contributed by atoms with Crippen LogP contribution in [0, 0.1) is 0 Å². The second-order valence-electron chi connectivity index (χ2n) is 2.44. The van der Waals surface area contributed by atoms with Crippen molar-refractivity contribution in [3.8, 4) is 0 Å². The Bertz CT molecular complexity index is 110. The van der Waals surface area contributed by atoms with E-state index in [0.29, 0.717) is 0 Å². The van der Waals surface area contributed by atoms with Gasteiger partial charge in [-0.15, -0.1) is 0 Å². The molecule has 0 spiro atoms. The summed E-state index contributed by atoms with van der Waals surface area (Å²) in [5, 5.41) is 26.9. The maximum atomic E-state index is 9.15. The van der Waals surface area contributed by atoms with Gasteiger partial charge in [0, 0.05) is 7.11 Å². The predicted octanol–water partition coefficient (Wildman–Crippen LogP) is -1.93. The molecule has 0 bridgehead atoms. The Morgan fingerprint density at radius 3 is 2.27 bits per heavy atom. The van der Waals surface area contributed by atoms with Crippen molar-refractivity contribution in [2.24, 2.45) is 0 Å². The summed E-state index contributed by atoms with van der Waals surface area (Å²) in [5.74, 6) is 0. The van der Waals surface area contributed by atoms with Crippen LogP contribution in [0.4, 0.5) is 0 Å². The standard InChI is InChI=1S/C6H12O5/c1-10-6-5(9)4(8)3(2-7)11-6/h3-9H,2H2,1H3/t3-,4-,5+,6-/m0/s1. The van der Waals surface area contributed by atoms with Crippen LogP contribution in [0.1, 0.15) is 0 Å². The van der Waals surface area contributed by atoms with Crippen molar-refractivity contribution in [3.05, 3.63) is 0 Å². The Hall–Kier alpha value is -0.200. The topological polar surface area (TPSA) is 79.2 Å². The van der Waals surface area contributed by atoms with Gasteiger partial charge in [-0.25, -0.2) is 0 Å². The summed E-state index contributed by atoms with van der Waals surface area (Å²) in [6.07, 6.45) is -3.71. The molecule has 0 aromatic rings. The summed E-state index contributed by atoms with van der Waals surface area (Å²) in [4.78, 5) is 0. The molecule has 0 saturated carbocycles. The second kappa shape index (κ2) is 3.46. The Morgan fingerprint density at radius 1 is 1.36 bits per heavy atom. The van der Waals surface area contributed by atoms with Gasteiger partial charge in [0.25, 0.3) is 0 Å². The Morgan fingerprint density at radius 2 is 2.00 bits per heavy atom. The SMILES string of the molecule is CO[C@H]1O[C@@H](CO)[C@H](O)[C@H]1O. The van der Waals surface area contributed by atoms with E-state index in [9.17, 15) is 0 Å². The van der Waals surface area contributed by atoms with E-state index >= 15 is 0 Å². The average Bonchev–Trinajstić information content (AvgIpc) is 2.30. The highest BCUT2D eigenvalue weighted by Gasteiger charge is 2.42. The first-order valence-electron chi connectivity index (χ1n) is 3.36. The van der Waals surface area contributed by atoms with Gasteiger partial charge in [-0.3, -0.25) is 0 Å². The first kappa shape index (κ1) is 8.89. The molecule has 1 rings (SSSR count). The molecule has 1 aliphatic heterocycles. The Kier molecular flexibility index (Phi) is 2.80. The smallest absolute Gasteiger partial charge is 0.186 e. The molecule has 66 valence electrons. The number of hydrogen-bond donors (Lipinski definition) is 3. The van der Waals surface area contributed by atoms with Gasteiger partial charge in [0.2, 0.25) is 0 Å². The van der Waals surface area contributed by atoms with Crippen molar-refractivity contribution in [2.75, 3.05) is 13.7 Å². The summed E-state index contributed by atoms with van der Waals surface area (Å²) in [6.45, 7) is -0.321. The minimum atomic E-state index is -1.07. The molecule has 0 aromatic heterocycles. The summed E-state index contributed by atoms with van der Waals surface area (Å²) >= 11 is 0. The van der Waals surface area contributed by atoms with Crippen molar-refractivity contribution < 1.29 is 24.8 Å². The van der Waals surface area contributed by atoms with Crippen LogP contribution < -0.4 is 0 Å². The molecule has 0 unspecified atom stereocenters. The largest absolute Gasteiger partial charge is 0.394 e. The van der Waals surface area contributed by atoms with Gasteiger partial charge < -0.3 is 24.8 Å². The third-order valence-electron chi connectivity index (χ3n) is 1.73. The normalized spacial score (nSPS) is 44.7. The van der Waals surface area contributed by atoms with Crippen LogP contribution >= 0.6 is 0 Å². The van der Waals surface area contributed by atoms with E-state index in [-0.39, 0.29) is 6.61 Å². The van der Waals surface area contributed by atoms with E-state index in [0.717, 1.165) is 0 Å². The van der Waals surface area contributed by atoms with Gasteiger partial charge in [0.15, 0.2) is 6.29 Å². The molecule has 11 heavy (non-hydrogen) atoms. The minimum absolute atomic E-state index is 0.321. The lowest BCUT2D eigenvalue weighted by Crippen LogP contribution is -2.34. The lowest BCUT2D eigenvalue weighted by Gasteiger charge is -2.11. The molecule has 1 heterocycles. The van der Waals surface area contributed by atoms with Gasteiger partial charge >= 0.3 is 0 Å². The molecule has 1 fully saturated rings. The van der Waals surface area contributed by atoms with Gasteiger partial charge in [-0.05, 0) is 0 Å². The van der Waals surface area contributed by atoms with E-state index in [1.165, 1.54) is 7.11 Å². The number of aliphatic hydroxyl groups excluding tert-OH is 3. The Labute approximate surface area is 64.2 Å². The third kappa shape index (κ3) is 1.52. The lowest BCUT2D eigenvalue weighted by atomic mass is 10.1. The van der Waals surface area contributed by atoms with Crippen LogP contribution in [-0.2, 0) is 9.47 Å². The molecule has 3 N–H and O–H groups in total. The number of hydrogen-bond acceptors (Lipinski definition) is 5. The maximum absolute atomic E-state index is 9.15. The van der Waals surface area contributed by atoms with Gasteiger partial charge in [-0.1, -0.05) is 0 Å². The highest BCUT2D eigenvalue weighted by atomic mass is 16.7. The molecule has 5 heteroatoms. The van der Waals surface area contributed by atoms with Crippen molar-refractivity contribution in [1.29, 1.82) is 0 Å². The van der Waals surface area contributed by atoms with Crippen LogP contribution in [0.15, 0.2) is 0 Å². The number of aliphatic hydroxyl groups is 3. The highest BCUT2D eigenvalue weighted by molar-refractivity contribution is 4.85. The molecule has 0 amide bonds. The molecule has 5 nitrogen and oxygen atoms in total. The summed E-state index contributed by atoms with van der Waals surface area (Å²) in [7, 11) is 1.36. The first-order chi connectivity index (χ1) is 5.20. The van der Waals surface area contributed by atoms with Crippen LogP contribution in [0.3, 0.4) is 0 Å². The average molecular weight is 164 g/mol. The zero-order valence-electron chi connectivity index (χ0n) is 6.17. The first-order valence-corrected chi connectivity index (χ1v) is 3.36. The second-order valence-corrected chi connectivity index (χ2v) is 2.44. The van der Waals surface area contributed by atoms with Crippen molar-refractivity contribution in [3.63, 3.8) is 0 Å². The molecule has 0 aliphatic carbocycles. The van der Waals surface area contributed by atoms with Crippen LogP contribution in [0.25, 0.3) is 0 Å². The van der Waals surface area contributed by atoms with Gasteiger partial charge in [0.1, 0.15) is 18.3 Å². The van der Waals surface area contributed by atoms with E-state index in [1.54, 1.807) is 0 Å². The lowest BCUT2D eigenvalue weighted by molar-refractivity contribution is -0.153. The zero-order valence-corrected chi connectivity index (χ0v) is 6.17. The summed E-state index contributed by atoms with van der Waals surface area (Å²) in [5.41, 5.74) is 0. The molecule has 0 radical (unpaired) electrons. The summed E-state index contributed by atoms with van der Waals surface area (Å²) in [6, 6.07) is 0. The number of rotatable bonds is 2. The molecule has 1 saturated heterocycles. The van der Waals surface area contributed by atoms with Crippen molar-refractivity contribution in [1.82, 2.24) is 0 Å². The van der Waals surface area contributed by atoms with E-state index in [2.05, 4.69) is 4.74 Å². The van der Waals surface area contributed by atoms with E-state index in [1.807, 2.05) is 0 Å². The maximum Gasteiger partial charge on any atom is 0.186 e. The predicted molar refractivity (Wildman–Crippen MR) is 34.8 cm³/mol. The summed E-state index contributed by atoms with van der Waals surface area (Å²) < 4.78 is 9.59. The number of ether oxygens (including phenoxy) is 2. The Balaban J connectivity index is 2.53.